The number of benzene rings is 2. The van der Waals surface area contributed by atoms with Gasteiger partial charge in [0.2, 0.25) is 5.78 Å². The lowest BCUT2D eigenvalue weighted by atomic mass is 9.57. The Morgan fingerprint density at radius 3 is 2.48 bits per heavy atom. The van der Waals surface area contributed by atoms with Crippen LogP contribution in [0.25, 0.3) is 23.0 Å². The summed E-state index contributed by atoms with van der Waals surface area (Å²) in [5.74, 6) is -6.94. The Labute approximate surface area is 242 Å². The number of aliphatic hydroxyl groups is 3. The summed E-state index contributed by atoms with van der Waals surface area (Å²) < 4.78 is 0. The van der Waals surface area contributed by atoms with Crippen LogP contribution in [0.4, 0.5) is 0 Å². The molecule has 4 unspecified atom stereocenters. The van der Waals surface area contributed by atoms with Crippen LogP contribution < -0.4 is 5.73 Å². The van der Waals surface area contributed by atoms with Gasteiger partial charge in [-0.15, -0.1) is 0 Å². The Hall–Kier alpha value is -4.54. The predicted molar refractivity (Wildman–Crippen MR) is 154 cm³/mol. The number of nitrogens with zero attached hydrogens (tertiary/aromatic N) is 1. The molecule has 42 heavy (non-hydrogen) atoms. The Kier molecular flexibility index (Phi) is 7.16. The maximum atomic E-state index is 14.0. The van der Waals surface area contributed by atoms with Crippen LogP contribution >= 0.6 is 0 Å². The number of hydrogen-bond acceptors (Lipinski definition) is 9. The van der Waals surface area contributed by atoms with Crippen molar-refractivity contribution in [2.24, 2.45) is 17.6 Å². The number of likely N-dealkylation sites (N-methyl/N-ethyl adjacent to an activating group) is 1. The summed E-state index contributed by atoms with van der Waals surface area (Å²) in [5.41, 5.74) is 4.41. The molecule has 0 radical (unpaired) electrons. The molecule has 2 aromatic rings. The molecule has 0 bridgehead atoms. The van der Waals surface area contributed by atoms with Crippen LogP contribution in [-0.4, -0.2) is 74.3 Å². The van der Waals surface area contributed by atoms with Gasteiger partial charge in [-0.05, 0) is 73.3 Å². The zero-order valence-electron chi connectivity index (χ0n) is 23.4. The number of aromatic hydroxyl groups is 1. The zero-order valence-corrected chi connectivity index (χ0v) is 23.4. The van der Waals surface area contributed by atoms with Gasteiger partial charge in [-0.1, -0.05) is 37.3 Å². The van der Waals surface area contributed by atoms with Crippen LogP contribution in [0.1, 0.15) is 36.5 Å². The standard InChI is InChI=1S/C32H32N2O8/c1-4-18(35)9-8-15-6-5-7-16(12-15)19-10-11-22(36)24-20(19)13-17-14-21-26(34(2)3)28(38)25(31(33)41)30(40)32(21,42)29(39)23(17)27(24)37/h5-12,17,21,26,36-37,40,42H,4,13-14H2,1-3H3,(H2,33,41)/b9-8+. The number of carbonyl (C=O) groups is 4. The first-order valence-corrected chi connectivity index (χ1v) is 13.6. The summed E-state index contributed by atoms with van der Waals surface area (Å²) in [4.78, 5) is 52.6. The quantitative estimate of drug-likeness (QED) is 0.257. The van der Waals surface area contributed by atoms with Crippen molar-refractivity contribution in [2.45, 2.75) is 37.8 Å². The summed E-state index contributed by atoms with van der Waals surface area (Å²) in [6, 6.07) is 9.32. The second-order valence-electron chi connectivity index (χ2n) is 11.2. The summed E-state index contributed by atoms with van der Waals surface area (Å²) in [7, 11) is 3.11. The van der Waals surface area contributed by atoms with Gasteiger partial charge in [-0.25, -0.2) is 0 Å². The number of hydrogen-bond donors (Lipinski definition) is 5. The first kappa shape index (κ1) is 29.0. The lowest BCUT2D eigenvalue weighted by Gasteiger charge is -2.50. The van der Waals surface area contributed by atoms with Gasteiger partial charge in [-0.3, -0.25) is 24.1 Å². The van der Waals surface area contributed by atoms with E-state index in [-0.39, 0.29) is 35.5 Å². The molecule has 0 spiro atoms. The van der Waals surface area contributed by atoms with Gasteiger partial charge >= 0.3 is 0 Å². The normalized spacial score (nSPS) is 25.5. The fourth-order valence-corrected chi connectivity index (χ4v) is 6.63. The SMILES string of the molecule is CCC(=O)/C=C/c1cccc(-c2ccc(O)c3c2CC2CC4C(N(C)C)C(=O)C(C(N)=O)=C(O)C4(O)C(=O)C2=C3O)c1. The number of amides is 1. The molecule has 0 heterocycles. The third kappa shape index (κ3) is 4.26. The molecule has 1 amide bonds. The number of aliphatic hydroxyl groups excluding tert-OH is 2. The van der Waals surface area contributed by atoms with Gasteiger partial charge in [0.25, 0.3) is 5.91 Å². The average Bonchev–Trinajstić information content (AvgIpc) is 2.93. The molecule has 1 fully saturated rings. The highest BCUT2D eigenvalue weighted by molar-refractivity contribution is 6.24. The minimum atomic E-state index is -2.69. The molecule has 2 aromatic carbocycles. The van der Waals surface area contributed by atoms with Crippen molar-refractivity contribution in [1.29, 1.82) is 0 Å². The highest BCUT2D eigenvalue weighted by Crippen LogP contribution is 2.53. The number of fused-ring (bicyclic) bond motifs is 3. The lowest BCUT2D eigenvalue weighted by molar-refractivity contribution is -0.153. The predicted octanol–water partition coefficient (Wildman–Crippen LogP) is 2.62. The molecule has 10 nitrogen and oxygen atoms in total. The number of rotatable bonds is 6. The van der Waals surface area contributed by atoms with E-state index in [4.69, 9.17) is 5.73 Å². The van der Waals surface area contributed by atoms with Gasteiger partial charge in [-0.2, -0.15) is 0 Å². The third-order valence-corrected chi connectivity index (χ3v) is 8.61. The fraction of sp³-hybridized carbons (Fsp3) is 0.312. The number of phenols is 1. The number of allylic oxidation sites excluding steroid dienone is 1. The van der Waals surface area contributed by atoms with Crippen molar-refractivity contribution in [1.82, 2.24) is 4.90 Å². The molecule has 0 saturated heterocycles. The maximum absolute atomic E-state index is 14.0. The van der Waals surface area contributed by atoms with E-state index in [1.807, 2.05) is 24.3 Å². The van der Waals surface area contributed by atoms with E-state index in [2.05, 4.69) is 0 Å². The largest absolute Gasteiger partial charge is 0.508 e. The number of carbonyl (C=O) groups excluding carboxylic acids is 4. The van der Waals surface area contributed by atoms with Crippen LogP contribution in [-0.2, 0) is 25.6 Å². The molecule has 3 aliphatic carbocycles. The highest BCUT2D eigenvalue weighted by Gasteiger charge is 2.64. The van der Waals surface area contributed by atoms with Gasteiger partial charge in [0.05, 0.1) is 11.6 Å². The molecule has 5 rings (SSSR count). The van der Waals surface area contributed by atoms with Crippen LogP contribution in [0, 0.1) is 11.8 Å². The molecule has 0 aliphatic heterocycles. The Balaban J connectivity index is 1.68. The van der Waals surface area contributed by atoms with Gasteiger partial charge in [0.1, 0.15) is 22.8 Å². The molecular formula is C32H32N2O8. The Bertz CT molecular complexity index is 1650. The molecule has 4 atom stereocenters. The van der Waals surface area contributed by atoms with E-state index in [9.17, 15) is 39.6 Å². The number of primary amides is 1. The molecule has 218 valence electrons. The van der Waals surface area contributed by atoms with Gasteiger partial charge in [0, 0.05) is 17.9 Å². The van der Waals surface area contributed by atoms with Gasteiger partial charge < -0.3 is 26.2 Å². The van der Waals surface area contributed by atoms with Crippen molar-refractivity contribution in [3.05, 3.63) is 76.1 Å². The highest BCUT2D eigenvalue weighted by atomic mass is 16.3. The van der Waals surface area contributed by atoms with E-state index in [1.54, 1.807) is 33.2 Å². The van der Waals surface area contributed by atoms with Crippen molar-refractivity contribution in [3.8, 4) is 16.9 Å². The van der Waals surface area contributed by atoms with Crippen molar-refractivity contribution in [3.63, 3.8) is 0 Å². The second kappa shape index (κ2) is 10.4. The monoisotopic (exact) mass is 572 g/mol. The fourth-order valence-electron chi connectivity index (χ4n) is 6.63. The van der Waals surface area contributed by atoms with E-state index in [1.165, 1.54) is 17.0 Å². The summed E-state index contributed by atoms with van der Waals surface area (Å²) in [6.07, 6.45) is 3.76. The molecule has 6 N–H and O–H groups in total. The average molecular weight is 573 g/mol. The maximum Gasteiger partial charge on any atom is 0.255 e. The van der Waals surface area contributed by atoms with Crippen molar-refractivity contribution < 1.29 is 39.6 Å². The minimum Gasteiger partial charge on any atom is -0.508 e. The third-order valence-electron chi connectivity index (χ3n) is 8.61. The molecule has 0 aromatic heterocycles. The minimum absolute atomic E-state index is 0.00274. The summed E-state index contributed by atoms with van der Waals surface area (Å²) in [5, 5.41) is 45.0. The number of Topliss-reactive ketones (excluding diaryl/α,β-unsaturated/α-hetero) is 2. The van der Waals surface area contributed by atoms with E-state index in [0.717, 1.165) is 11.1 Å². The Morgan fingerprint density at radius 2 is 1.83 bits per heavy atom. The smallest absolute Gasteiger partial charge is 0.255 e. The Morgan fingerprint density at radius 1 is 1.12 bits per heavy atom. The van der Waals surface area contributed by atoms with E-state index >= 15 is 0 Å². The topological polar surface area (TPSA) is 178 Å². The first-order valence-electron chi connectivity index (χ1n) is 13.6. The summed E-state index contributed by atoms with van der Waals surface area (Å²) >= 11 is 0. The number of ketones is 3. The molecular weight excluding hydrogens is 540 g/mol. The molecule has 10 heteroatoms. The van der Waals surface area contributed by atoms with E-state index in [0.29, 0.717) is 17.5 Å². The first-order chi connectivity index (χ1) is 19.8. The van der Waals surface area contributed by atoms with E-state index < -0.39 is 58.0 Å². The number of phenolic OH excluding ortho intramolecular Hbond substituents is 1. The van der Waals surface area contributed by atoms with Crippen LogP contribution in [0.5, 0.6) is 5.75 Å². The summed E-state index contributed by atoms with van der Waals surface area (Å²) in [6.45, 7) is 1.77. The van der Waals surface area contributed by atoms with Crippen LogP contribution in [0.3, 0.4) is 0 Å². The number of nitrogens with two attached hydrogens (primary N) is 1. The van der Waals surface area contributed by atoms with Crippen molar-refractivity contribution >= 4 is 35.1 Å². The second-order valence-corrected chi connectivity index (χ2v) is 11.2. The zero-order chi connectivity index (χ0) is 30.7. The van der Waals surface area contributed by atoms with Gasteiger partial charge in [0.15, 0.2) is 17.2 Å². The van der Waals surface area contributed by atoms with Crippen molar-refractivity contribution in [2.75, 3.05) is 14.1 Å². The molecule has 3 aliphatic rings. The van der Waals surface area contributed by atoms with Crippen LogP contribution in [0.15, 0.2) is 59.4 Å². The van der Waals surface area contributed by atoms with Crippen LogP contribution in [0.2, 0.25) is 0 Å². The molecule has 1 saturated carbocycles. The lowest BCUT2D eigenvalue weighted by Crippen LogP contribution is -2.65.